The van der Waals surface area contributed by atoms with Gasteiger partial charge in [0.25, 0.3) is 0 Å². The molecule has 88 valence electrons. The van der Waals surface area contributed by atoms with Crippen molar-refractivity contribution < 1.29 is 14.6 Å². The number of ether oxygens (including phenoxy) is 1. The summed E-state index contributed by atoms with van der Waals surface area (Å²) >= 11 is 3.47. The maximum absolute atomic E-state index is 10.7. The summed E-state index contributed by atoms with van der Waals surface area (Å²) in [5.41, 5.74) is 0. The van der Waals surface area contributed by atoms with Crippen LogP contribution in [0.2, 0.25) is 0 Å². The van der Waals surface area contributed by atoms with Crippen LogP contribution < -0.4 is 4.74 Å². The molecule has 3 nitrogen and oxygen atoms in total. The van der Waals surface area contributed by atoms with Crippen LogP contribution in [0.25, 0.3) is 0 Å². The first-order chi connectivity index (χ1) is 8.15. The van der Waals surface area contributed by atoms with Gasteiger partial charge in [0.1, 0.15) is 17.2 Å². The van der Waals surface area contributed by atoms with E-state index >= 15 is 0 Å². The predicted molar refractivity (Wildman–Crippen MR) is 74.8 cm³/mol. The zero-order valence-corrected chi connectivity index (χ0v) is 11.7. The van der Waals surface area contributed by atoms with Gasteiger partial charge in [-0.2, -0.15) is 0 Å². The molecule has 0 saturated carbocycles. The van der Waals surface area contributed by atoms with Crippen molar-refractivity contribution in [2.75, 3.05) is 0 Å². The van der Waals surface area contributed by atoms with Gasteiger partial charge < -0.3 is 9.84 Å². The molecule has 0 fully saturated rings. The third-order valence-electron chi connectivity index (χ3n) is 2.07. The number of carboxylic acids is 1. The van der Waals surface area contributed by atoms with E-state index in [0.29, 0.717) is 11.5 Å². The van der Waals surface area contributed by atoms with Gasteiger partial charge in [0.15, 0.2) is 0 Å². The third-order valence-corrected chi connectivity index (χ3v) is 3.83. The Bertz CT molecular complexity index is 519. The van der Waals surface area contributed by atoms with Crippen LogP contribution in [0.5, 0.6) is 5.75 Å². The van der Waals surface area contributed by atoms with Crippen molar-refractivity contribution in [1.82, 2.24) is 0 Å². The molecular formula is C12H9IO3S. The summed E-state index contributed by atoms with van der Waals surface area (Å²) < 4.78 is 6.71. The molecule has 0 unspecified atom stereocenters. The summed E-state index contributed by atoms with van der Waals surface area (Å²) in [5, 5.41) is 8.78. The molecule has 0 saturated heterocycles. The van der Waals surface area contributed by atoms with Crippen LogP contribution in [0.3, 0.4) is 0 Å². The van der Waals surface area contributed by atoms with E-state index in [2.05, 4.69) is 22.6 Å². The van der Waals surface area contributed by atoms with E-state index in [1.54, 1.807) is 12.1 Å². The van der Waals surface area contributed by atoms with Gasteiger partial charge in [0.2, 0.25) is 0 Å². The molecule has 17 heavy (non-hydrogen) atoms. The fraction of sp³-hybridized carbons (Fsp3) is 0.0833. The van der Waals surface area contributed by atoms with Crippen LogP contribution in [0, 0.1) is 3.57 Å². The summed E-state index contributed by atoms with van der Waals surface area (Å²) in [6.45, 7) is 0.401. The minimum atomic E-state index is -0.893. The van der Waals surface area contributed by atoms with E-state index < -0.39 is 5.97 Å². The van der Waals surface area contributed by atoms with Crippen LogP contribution in [-0.4, -0.2) is 11.1 Å². The van der Waals surface area contributed by atoms with Crippen LogP contribution in [0.1, 0.15) is 14.5 Å². The molecule has 0 aliphatic heterocycles. The molecule has 0 spiro atoms. The van der Waals surface area contributed by atoms with Crippen LogP contribution in [0.4, 0.5) is 0 Å². The minimum Gasteiger partial charge on any atom is -0.488 e. The highest BCUT2D eigenvalue weighted by Gasteiger charge is 2.07. The molecule has 0 amide bonds. The molecule has 0 aliphatic carbocycles. The lowest BCUT2D eigenvalue weighted by molar-refractivity contribution is 0.0702. The van der Waals surface area contributed by atoms with E-state index in [4.69, 9.17) is 9.84 Å². The Kier molecular flexibility index (Phi) is 4.01. The van der Waals surface area contributed by atoms with Gasteiger partial charge in [-0.1, -0.05) is 0 Å². The quantitative estimate of drug-likeness (QED) is 0.847. The Labute approximate surface area is 116 Å². The Morgan fingerprint density at radius 3 is 2.53 bits per heavy atom. The summed E-state index contributed by atoms with van der Waals surface area (Å²) in [7, 11) is 0. The highest BCUT2D eigenvalue weighted by molar-refractivity contribution is 14.1. The van der Waals surface area contributed by atoms with Gasteiger partial charge in [0, 0.05) is 8.45 Å². The first-order valence-corrected chi connectivity index (χ1v) is 6.75. The number of carboxylic acid groups (broad SMARTS) is 1. The molecule has 1 heterocycles. The Morgan fingerprint density at radius 1 is 1.24 bits per heavy atom. The van der Waals surface area contributed by atoms with Crippen molar-refractivity contribution >= 4 is 39.9 Å². The second-order valence-corrected chi connectivity index (χ2v) is 5.73. The van der Waals surface area contributed by atoms with E-state index in [1.165, 1.54) is 11.3 Å². The third kappa shape index (κ3) is 3.44. The maximum atomic E-state index is 10.7. The summed E-state index contributed by atoms with van der Waals surface area (Å²) in [4.78, 5) is 11.9. The van der Waals surface area contributed by atoms with Crippen molar-refractivity contribution in [3.05, 3.63) is 49.7 Å². The molecule has 1 aromatic carbocycles. The topological polar surface area (TPSA) is 46.5 Å². The van der Waals surface area contributed by atoms with Crippen LogP contribution in [-0.2, 0) is 6.61 Å². The maximum Gasteiger partial charge on any atom is 0.345 e. The van der Waals surface area contributed by atoms with Crippen molar-refractivity contribution in [2.24, 2.45) is 0 Å². The number of rotatable bonds is 4. The number of hydrogen-bond donors (Lipinski definition) is 1. The largest absolute Gasteiger partial charge is 0.488 e. The van der Waals surface area contributed by atoms with Crippen LogP contribution >= 0.6 is 33.9 Å². The zero-order chi connectivity index (χ0) is 12.3. The van der Waals surface area contributed by atoms with Crippen molar-refractivity contribution in [2.45, 2.75) is 6.61 Å². The van der Waals surface area contributed by atoms with E-state index in [1.807, 2.05) is 24.3 Å². The molecule has 5 heteroatoms. The molecule has 0 atom stereocenters. The van der Waals surface area contributed by atoms with Gasteiger partial charge in [-0.25, -0.2) is 4.79 Å². The predicted octanol–water partition coefficient (Wildman–Crippen LogP) is 3.63. The number of benzene rings is 1. The second kappa shape index (κ2) is 5.50. The number of carbonyl (C=O) groups is 1. The van der Waals surface area contributed by atoms with Gasteiger partial charge in [-0.15, -0.1) is 11.3 Å². The first kappa shape index (κ1) is 12.4. The van der Waals surface area contributed by atoms with E-state index in [0.717, 1.165) is 14.2 Å². The van der Waals surface area contributed by atoms with Gasteiger partial charge >= 0.3 is 5.97 Å². The Morgan fingerprint density at radius 2 is 1.94 bits per heavy atom. The minimum absolute atomic E-state index is 0.339. The fourth-order valence-corrected chi connectivity index (χ4v) is 2.38. The van der Waals surface area contributed by atoms with E-state index in [-0.39, 0.29) is 0 Å². The molecule has 1 aromatic heterocycles. The van der Waals surface area contributed by atoms with Crippen molar-refractivity contribution in [1.29, 1.82) is 0 Å². The zero-order valence-electron chi connectivity index (χ0n) is 8.72. The highest BCUT2D eigenvalue weighted by atomic mass is 127. The molecule has 2 aromatic rings. The first-order valence-electron chi connectivity index (χ1n) is 4.85. The van der Waals surface area contributed by atoms with Crippen LogP contribution in [0.15, 0.2) is 36.4 Å². The normalized spacial score (nSPS) is 10.2. The lowest BCUT2D eigenvalue weighted by Crippen LogP contribution is -1.93. The number of halogens is 1. The smallest absolute Gasteiger partial charge is 0.345 e. The van der Waals surface area contributed by atoms with Crippen molar-refractivity contribution in [3.8, 4) is 5.75 Å². The summed E-state index contributed by atoms with van der Waals surface area (Å²) in [6.07, 6.45) is 0. The number of thiophene rings is 1. The second-order valence-electron chi connectivity index (χ2n) is 3.31. The fourth-order valence-electron chi connectivity index (χ4n) is 1.26. The monoisotopic (exact) mass is 360 g/mol. The van der Waals surface area contributed by atoms with Gasteiger partial charge in [-0.3, -0.25) is 0 Å². The number of hydrogen-bond acceptors (Lipinski definition) is 3. The lowest BCUT2D eigenvalue weighted by Gasteiger charge is -2.03. The molecule has 1 N–H and O–H groups in total. The molecule has 0 bridgehead atoms. The summed E-state index contributed by atoms with van der Waals surface area (Å²) in [6, 6.07) is 11.1. The highest BCUT2D eigenvalue weighted by Crippen LogP contribution is 2.20. The standard InChI is InChI=1S/C12H9IO3S/c13-8-1-3-9(4-2-8)16-7-10-5-6-11(17-10)12(14)15/h1-6H,7H2,(H,14,15). The molecule has 0 radical (unpaired) electrons. The average Bonchev–Trinajstić information content (AvgIpc) is 2.77. The lowest BCUT2D eigenvalue weighted by atomic mass is 10.3. The summed E-state index contributed by atoms with van der Waals surface area (Å²) in [5.74, 6) is -0.105. The Balaban J connectivity index is 1.97. The Hall–Kier alpha value is -1.08. The SMILES string of the molecule is O=C(O)c1ccc(COc2ccc(I)cc2)s1. The molecule has 2 rings (SSSR count). The van der Waals surface area contributed by atoms with E-state index in [9.17, 15) is 4.79 Å². The molecule has 0 aliphatic rings. The van der Waals surface area contributed by atoms with Gasteiger partial charge in [-0.05, 0) is 59.0 Å². The molecular weight excluding hydrogens is 351 g/mol. The van der Waals surface area contributed by atoms with Crippen molar-refractivity contribution in [3.63, 3.8) is 0 Å². The average molecular weight is 360 g/mol. The number of aromatic carboxylic acids is 1. The van der Waals surface area contributed by atoms with Gasteiger partial charge in [0.05, 0.1) is 0 Å².